The summed E-state index contributed by atoms with van der Waals surface area (Å²) in [6, 6.07) is 19.9. The van der Waals surface area contributed by atoms with Gasteiger partial charge in [0.1, 0.15) is 17.1 Å². The summed E-state index contributed by atoms with van der Waals surface area (Å²) in [6.07, 6.45) is 0. The molecule has 162 valence electrons. The van der Waals surface area contributed by atoms with Crippen molar-refractivity contribution in [2.24, 2.45) is 0 Å². The summed E-state index contributed by atoms with van der Waals surface area (Å²) in [5.41, 5.74) is 3.87. The van der Waals surface area contributed by atoms with Gasteiger partial charge in [-0.15, -0.1) is 0 Å². The predicted octanol–water partition coefficient (Wildman–Crippen LogP) is 5.10. The van der Waals surface area contributed by atoms with Crippen LogP contribution in [0.4, 0.5) is 5.69 Å². The van der Waals surface area contributed by atoms with Gasteiger partial charge in [0.2, 0.25) is 0 Å². The normalized spacial score (nSPS) is 10.7. The van der Waals surface area contributed by atoms with Crippen LogP contribution in [-0.4, -0.2) is 19.6 Å². The number of hydrogen-bond acceptors (Lipinski definition) is 5. The van der Waals surface area contributed by atoms with E-state index in [9.17, 15) is 9.59 Å². The van der Waals surface area contributed by atoms with Crippen LogP contribution < -0.4 is 20.4 Å². The first-order valence-electron chi connectivity index (χ1n) is 10.2. The van der Waals surface area contributed by atoms with Crippen molar-refractivity contribution in [1.29, 1.82) is 0 Å². The monoisotopic (exact) mass is 429 g/mol. The fourth-order valence-corrected chi connectivity index (χ4v) is 3.49. The van der Waals surface area contributed by atoms with Gasteiger partial charge in [-0.05, 0) is 67.4 Å². The Hall–Kier alpha value is -4.06. The molecular weight excluding hydrogens is 406 g/mol. The Labute approximate surface area is 185 Å². The fourth-order valence-electron chi connectivity index (χ4n) is 3.49. The molecule has 0 saturated heterocycles. The van der Waals surface area contributed by atoms with E-state index in [2.05, 4.69) is 5.32 Å². The van der Waals surface area contributed by atoms with Crippen LogP contribution in [0.1, 0.15) is 11.1 Å². The van der Waals surface area contributed by atoms with Crippen LogP contribution in [0.25, 0.3) is 22.1 Å². The summed E-state index contributed by atoms with van der Waals surface area (Å²) >= 11 is 0. The number of ether oxygens (including phenoxy) is 2. The highest BCUT2D eigenvalue weighted by Gasteiger charge is 2.14. The van der Waals surface area contributed by atoms with Gasteiger partial charge in [0.15, 0.2) is 6.61 Å². The summed E-state index contributed by atoms with van der Waals surface area (Å²) in [7, 11) is 1.59. The molecule has 6 heteroatoms. The van der Waals surface area contributed by atoms with Gasteiger partial charge in [-0.1, -0.05) is 29.8 Å². The summed E-state index contributed by atoms with van der Waals surface area (Å²) in [5.74, 6) is 0.953. The first-order valence-corrected chi connectivity index (χ1v) is 10.2. The molecule has 0 spiro atoms. The number of rotatable bonds is 6. The van der Waals surface area contributed by atoms with Gasteiger partial charge in [-0.25, -0.2) is 4.79 Å². The van der Waals surface area contributed by atoms with Crippen LogP contribution in [0.2, 0.25) is 0 Å². The molecule has 1 N–H and O–H groups in total. The molecule has 3 aromatic carbocycles. The summed E-state index contributed by atoms with van der Waals surface area (Å²) in [6.45, 7) is 3.71. The molecular formula is C26H23NO5. The number of aryl methyl sites for hydroxylation is 2. The number of carbonyl (C=O) groups is 1. The SMILES string of the molecule is COc1ccc(-c2c(C)c3cc(OCC(=O)Nc4ccc(C)cc4)ccc3oc2=O)cc1. The van der Waals surface area contributed by atoms with Crippen molar-refractivity contribution in [2.45, 2.75) is 13.8 Å². The zero-order valence-corrected chi connectivity index (χ0v) is 18.1. The number of hydrogen-bond donors (Lipinski definition) is 1. The molecule has 0 bridgehead atoms. The molecule has 1 aromatic heterocycles. The lowest BCUT2D eigenvalue weighted by molar-refractivity contribution is -0.118. The molecule has 1 amide bonds. The molecule has 4 rings (SSSR count). The minimum absolute atomic E-state index is 0.138. The average Bonchev–Trinajstić information content (AvgIpc) is 2.80. The number of anilines is 1. The van der Waals surface area contributed by atoms with Crippen LogP contribution >= 0.6 is 0 Å². The van der Waals surface area contributed by atoms with Crippen molar-refractivity contribution in [1.82, 2.24) is 0 Å². The van der Waals surface area contributed by atoms with E-state index in [0.717, 1.165) is 22.1 Å². The third kappa shape index (κ3) is 4.49. The zero-order chi connectivity index (χ0) is 22.7. The summed E-state index contributed by atoms with van der Waals surface area (Å²) < 4.78 is 16.4. The summed E-state index contributed by atoms with van der Waals surface area (Å²) in [4.78, 5) is 24.9. The van der Waals surface area contributed by atoms with Crippen LogP contribution in [0, 0.1) is 13.8 Å². The topological polar surface area (TPSA) is 77.8 Å². The molecule has 0 unspecified atom stereocenters. The van der Waals surface area contributed by atoms with E-state index in [1.54, 1.807) is 37.4 Å². The lowest BCUT2D eigenvalue weighted by atomic mass is 9.99. The van der Waals surface area contributed by atoms with Crippen molar-refractivity contribution < 1.29 is 18.7 Å². The van der Waals surface area contributed by atoms with Crippen molar-refractivity contribution >= 4 is 22.6 Å². The Morgan fingerprint density at radius 2 is 1.62 bits per heavy atom. The largest absolute Gasteiger partial charge is 0.497 e. The number of methoxy groups -OCH3 is 1. The van der Waals surface area contributed by atoms with Gasteiger partial charge in [0, 0.05) is 11.1 Å². The second kappa shape index (κ2) is 8.98. The van der Waals surface area contributed by atoms with E-state index < -0.39 is 5.63 Å². The molecule has 0 aliphatic heterocycles. The molecule has 0 atom stereocenters. The van der Waals surface area contributed by atoms with E-state index in [1.807, 2.05) is 50.2 Å². The van der Waals surface area contributed by atoms with Crippen LogP contribution in [0.3, 0.4) is 0 Å². The van der Waals surface area contributed by atoms with Gasteiger partial charge in [0.25, 0.3) is 5.91 Å². The zero-order valence-electron chi connectivity index (χ0n) is 18.1. The van der Waals surface area contributed by atoms with Gasteiger partial charge in [-0.2, -0.15) is 0 Å². The minimum Gasteiger partial charge on any atom is -0.497 e. The third-order valence-corrected chi connectivity index (χ3v) is 5.22. The number of nitrogens with one attached hydrogen (secondary N) is 1. The lowest BCUT2D eigenvalue weighted by Crippen LogP contribution is -2.20. The van der Waals surface area contributed by atoms with Crippen molar-refractivity contribution in [2.75, 3.05) is 19.0 Å². The maximum absolute atomic E-state index is 12.6. The van der Waals surface area contributed by atoms with E-state index in [1.165, 1.54) is 0 Å². The van der Waals surface area contributed by atoms with Gasteiger partial charge < -0.3 is 19.2 Å². The minimum atomic E-state index is -0.411. The van der Waals surface area contributed by atoms with Crippen LogP contribution in [0.5, 0.6) is 11.5 Å². The number of carbonyl (C=O) groups excluding carboxylic acids is 1. The Morgan fingerprint density at radius 1 is 0.938 bits per heavy atom. The molecule has 0 radical (unpaired) electrons. The summed E-state index contributed by atoms with van der Waals surface area (Å²) in [5, 5.41) is 3.54. The van der Waals surface area contributed by atoms with E-state index >= 15 is 0 Å². The maximum atomic E-state index is 12.6. The van der Waals surface area contributed by atoms with Gasteiger partial charge in [-0.3, -0.25) is 4.79 Å². The Bertz CT molecular complexity index is 1320. The van der Waals surface area contributed by atoms with Gasteiger partial charge in [0.05, 0.1) is 12.7 Å². The quantitative estimate of drug-likeness (QED) is 0.431. The Kier molecular flexibility index (Phi) is 5.94. The standard InChI is InChI=1S/C26H23NO5/c1-16-4-8-19(9-5-16)27-24(28)15-31-21-12-13-23-22(14-21)17(2)25(26(29)32-23)18-6-10-20(30-3)11-7-18/h4-14H,15H2,1-3H3,(H,27,28). The van der Waals surface area contributed by atoms with Crippen molar-refractivity contribution in [3.8, 4) is 22.6 Å². The Balaban J connectivity index is 1.56. The van der Waals surface area contributed by atoms with Crippen molar-refractivity contribution in [3.05, 3.63) is 88.3 Å². The van der Waals surface area contributed by atoms with E-state index in [-0.39, 0.29) is 12.5 Å². The third-order valence-electron chi connectivity index (χ3n) is 5.22. The molecule has 0 aliphatic carbocycles. The first kappa shape index (κ1) is 21.2. The van der Waals surface area contributed by atoms with Crippen molar-refractivity contribution in [3.63, 3.8) is 0 Å². The second-order valence-electron chi connectivity index (χ2n) is 7.48. The number of benzene rings is 3. The molecule has 4 aromatic rings. The number of fused-ring (bicyclic) bond motifs is 1. The molecule has 1 heterocycles. The van der Waals surface area contributed by atoms with E-state index in [4.69, 9.17) is 13.9 Å². The number of amides is 1. The fraction of sp³-hybridized carbons (Fsp3) is 0.154. The smallest absolute Gasteiger partial charge is 0.344 e. The van der Waals surface area contributed by atoms with Crippen LogP contribution in [-0.2, 0) is 4.79 Å². The molecule has 0 aliphatic rings. The highest BCUT2D eigenvalue weighted by atomic mass is 16.5. The maximum Gasteiger partial charge on any atom is 0.344 e. The molecule has 0 fully saturated rings. The average molecular weight is 429 g/mol. The highest BCUT2D eigenvalue weighted by molar-refractivity contribution is 5.92. The highest BCUT2D eigenvalue weighted by Crippen LogP contribution is 2.30. The first-order chi connectivity index (χ1) is 15.4. The van der Waals surface area contributed by atoms with Gasteiger partial charge >= 0.3 is 5.63 Å². The molecule has 0 saturated carbocycles. The lowest BCUT2D eigenvalue weighted by Gasteiger charge is -2.11. The predicted molar refractivity (Wildman–Crippen MR) is 125 cm³/mol. The van der Waals surface area contributed by atoms with E-state index in [0.29, 0.717) is 28.3 Å². The Morgan fingerprint density at radius 3 is 2.31 bits per heavy atom. The van der Waals surface area contributed by atoms with Crippen LogP contribution in [0.15, 0.2) is 75.9 Å². The molecule has 32 heavy (non-hydrogen) atoms. The second-order valence-corrected chi connectivity index (χ2v) is 7.48. The molecule has 6 nitrogen and oxygen atoms in total.